The lowest BCUT2D eigenvalue weighted by molar-refractivity contribution is -0.115. The fraction of sp³-hybridized carbons (Fsp3) is 0.190. The number of nitrogens with zero attached hydrogens (tertiary/aromatic N) is 1. The summed E-state index contributed by atoms with van der Waals surface area (Å²) in [6, 6.07) is 12.8. The number of thioether (sulfide) groups is 1. The van der Waals surface area contributed by atoms with Crippen LogP contribution in [0.4, 0.5) is 5.69 Å². The fourth-order valence-corrected chi connectivity index (χ4v) is 5.04. The summed E-state index contributed by atoms with van der Waals surface area (Å²) < 4.78 is 25.3. The Balaban J connectivity index is 1.80. The zero-order valence-corrected chi connectivity index (χ0v) is 19.1. The molecule has 0 aliphatic heterocycles. The minimum Gasteiger partial charge on any atom is -0.325 e. The Kier molecular flexibility index (Phi) is 7.19. The normalized spacial score (nSPS) is 12.4. The number of nitrogens with one attached hydrogen (secondary N) is 2. The van der Waals surface area contributed by atoms with Gasteiger partial charge in [-0.1, -0.05) is 54.6 Å². The summed E-state index contributed by atoms with van der Waals surface area (Å²) in [4.78, 5) is 31.3. The first-order chi connectivity index (χ1) is 14.7. The Bertz CT molecular complexity index is 1260. The van der Waals surface area contributed by atoms with E-state index in [1.807, 2.05) is 13.8 Å². The first kappa shape index (κ1) is 23.1. The van der Waals surface area contributed by atoms with Crippen LogP contribution >= 0.6 is 23.4 Å². The van der Waals surface area contributed by atoms with Crippen molar-refractivity contribution in [3.63, 3.8) is 0 Å². The molecule has 162 valence electrons. The lowest BCUT2D eigenvalue weighted by Gasteiger charge is -2.15. The fourth-order valence-electron chi connectivity index (χ4n) is 2.74. The van der Waals surface area contributed by atoms with Gasteiger partial charge in [-0.05, 0) is 43.2 Å². The smallest absolute Gasteiger partial charge is 0.270 e. The maximum Gasteiger partial charge on any atom is 0.270 e. The van der Waals surface area contributed by atoms with Gasteiger partial charge in [0, 0.05) is 10.7 Å². The molecule has 0 saturated heterocycles. The second kappa shape index (κ2) is 9.67. The summed E-state index contributed by atoms with van der Waals surface area (Å²) in [5, 5.41) is 2.93. The molecule has 0 fully saturated rings. The Morgan fingerprint density at radius 2 is 1.94 bits per heavy atom. The van der Waals surface area contributed by atoms with Gasteiger partial charge in [-0.15, -0.1) is 0 Å². The van der Waals surface area contributed by atoms with E-state index in [1.54, 1.807) is 36.4 Å². The zero-order valence-electron chi connectivity index (χ0n) is 16.8. The van der Waals surface area contributed by atoms with Crippen LogP contribution in [0.2, 0.25) is 5.02 Å². The molecule has 0 unspecified atom stereocenters. The third-order valence-corrected chi connectivity index (χ3v) is 7.72. The van der Waals surface area contributed by atoms with Gasteiger partial charge in [-0.3, -0.25) is 9.59 Å². The highest BCUT2D eigenvalue weighted by atomic mass is 35.5. The molecule has 0 aliphatic rings. The third kappa shape index (κ3) is 5.36. The van der Waals surface area contributed by atoms with E-state index in [0.29, 0.717) is 17.1 Å². The molecule has 0 bridgehead atoms. The molecule has 0 radical (unpaired) electrons. The lowest BCUT2D eigenvalue weighted by Crippen LogP contribution is -2.26. The molecule has 0 spiro atoms. The molecule has 3 aromatic rings. The van der Waals surface area contributed by atoms with E-state index in [4.69, 9.17) is 11.6 Å². The molecule has 2 N–H and O–H groups in total. The first-order valence-corrected chi connectivity index (χ1v) is 12.1. The first-order valence-electron chi connectivity index (χ1n) is 9.35. The molecule has 1 amide bonds. The van der Waals surface area contributed by atoms with Gasteiger partial charge in [0.05, 0.1) is 16.3 Å². The quantitative estimate of drug-likeness (QED) is 0.392. The van der Waals surface area contributed by atoms with E-state index in [1.165, 1.54) is 12.1 Å². The predicted octanol–water partition coefficient (Wildman–Crippen LogP) is 4.07. The Morgan fingerprint density at radius 1 is 1.23 bits per heavy atom. The van der Waals surface area contributed by atoms with Crippen LogP contribution < -0.4 is 10.9 Å². The number of hydrogen-bond donors (Lipinski definition) is 2. The van der Waals surface area contributed by atoms with Gasteiger partial charge in [0.25, 0.3) is 5.56 Å². The number of rotatable bonds is 7. The molecule has 1 heterocycles. The summed E-state index contributed by atoms with van der Waals surface area (Å²) in [7, 11) is -3.99. The van der Waals surface area contributed by atoms with Crippen molar-refractivity contribution in [2.24, 2.45) is 0 Å². The molecule has 31 heavy (non-hydrogen) atoms. The van der Waals surface area contributed by atoms with E-state index in [9.17, 15) is 18.0 Å². The summed E-state index contributed by atoms with van der Waals surface area (Å²) in [6.07, 6.45) is 1.49. The molecule has 1 atom stereocenters. The molecule has 3 rings (SSSR count). The largest absolute Gasteiger partial charge is 0.325 e. The number of aromatic amines is 1. The number of sulfone groups is 1. The summed E-state index contributed by atoms with van der Waals surface area (Å²) in [5.74, 6) is -0.276. The average Bonchev–Trinajstić information content (AvgIpc) is 2.75. The summed E-state index contributed by atoms with van der Waals surface area (Å²) in [5.41, 5.74) is 0.671. The van der Waals surface area contributed by atoms with Gasteiger partial charge in [-0.25, -0.2) is 13.4 Å². The van der Waals surface area contributed by atoms with Gasteiger partial charge in [0.1, 0.15) is 0 Å². The molecule has 7 nitrogen and oxygen atoms in total. The molecular formula is C21H20ClN3O4S2. The maximum atomic E-state index is 12.7. The van der Waals surface area contributed by atoms with Crippen molar-refractivity contribution < 1.29 is 13.2 Å². The van der Waals surface area contributed by atoms with Crippen LogP contribution in [0, 0.1) is 6.92 Å². The highest BCUT2D eigenvalue weighted by Crippen LogP contribution is 2.26. The van der Waals surface area contributed by atoms with E-state index in [2.05, 4.69) is 15.3 Å². The van der Waals surface area contributed by atoms with Crippen molar-refractivity contribution >= 4 is 44.8 Å². The number of aryl methyl sites for hydroxylation is 1. The van der Waals surface area contributed by atoms with Crippen LogP contribution in [0.1, 0.15) is 18.9 Å². The summed E-state index contributed by atoms with van der Waals surface area (Å²) >= 11 is 7.05. The van der Waals surface area contributed by atoms with E-state index in [-0.39, 0.29) is 16.0 Å². The lowest BCUT2D eigenvalue weighted by atomic mass is 10.2. The van der Waals surface area contributed by atoms with Crippen molar-refractivity contribution in [2.45, 2.75) is 40.5 Å². The number of hydrogen-bond acceptors (Lipinski definition) is 6. The van der Waals surface area contributed by atoms with Gasteiger partial charge >= 0.3 is 0 Å². The molecule has 0 aliphatic carbocycles. The highest BCUT2D eigenvalue weighted by molar-refractivity contribution is 8.00. The maximum absolute atomic E-state index is 12.7. The number of aromatic nitrogens is 2. The molecule has 0 saturated carbocycles. The van der Waals surface area contributed by atoms with Crippen LogP contribution in [0.25, 0.3) is 0 Å². The van der Waals surface area contributed by atoms with Crippen LogP contribution in [-0.4, -0.2) is 29.5 Å². The van der Waals surface area contributed by atoms with Crippen LogP contribution in [0.3, 0.4) is 0 Å². The van der Waals surface area contributed by atoms with Crippen molar-refractivity contribution in [1.82, 2.24) is 9.97 Å². The van der Waals surface area contributed by atoms with Crippen molar-refractivity contribution in [2.75, 3.05) is 5.32 Å². The number of amides is 1. The Labute approximate surface area is 189 Å². The zero-order chi connectivity index (χ0) is 22.6. The van der Waals surface area contributed by atoms with Crippen molar-refractivity contribution in [1.29, 1.82) is 0 Å². The molecule has 1 aromatic heterocycles. The molecular weight excluding hydrogens is 458 g/mol. The predicted molar refractivity (Wildman–Crippen MR) is 122 cm³/mol. The van der Waals surface area contributed by atoms with E-state index in [0.717, 1.165) is 23.5 Å². The standard InChI is InChI=1S/C21H20ClN3O4S2/c1-3-17(19(26)24-16-11-14(22)10-9-13(16)2)30-21-23-12-18(20(27)25-21)31(28,29)15-7-5-4-6-8-15/h4-12,17H,3H2,1-2H3,(H,24,26)(H,23,25,27)/t17-/m1/s1. The van der Waals surface area contributed by atoms with Gasteiger partial charge < -0.3 is 10.3 Å². The van der Waals surface area contributed by atoms with Gasteiger partial charge in [-0.2, -0.15) is 0 Å². The van der Waals surface area contributed by atoms with Gasteiger partial charge in [0.15, 0.2) is 10.1 Å². The number of anilines is 1. The van der Waals surface area contributed by atoms with Crippen LogP contribution in [0.5, 0.6) is 0 Å². The van der Waals surface area contributed by atoms with Crippen LogP contribution in [0.15, 0.2) is 74.5 Å². The average molecular weight is 478 g/mol. The van der Waals surface area contributed by atoms with Gasteiger partial charge in [0.2, 0.25) is 15.7 Å². The molecule has 2 aromatic carbocycles. The van der Waals surface area contributed by atoms with Crippen LogP contribution in [-0.2, 0) is 14.6 Å². The minimum absolute atomic E-state index is 0.00501. The number of halogens is 1. The number of H-pyrrole nitrogens is 1. The second-order valence-electron chi connectivity index (χ2n) is 6.66. The number of carbonyl (C=O) groups excluding carboxylic acids is 1. The van der Waals surface area contributed by atoms with E-state index < -0.39 is 25.5 Å². The monoisotopic (exact) mass is 477 g/mol. The third-order valence-electron chi connectivity index (χ3n) is 4.46. The van der Waals surface area contributed by atoms with E-state index >= 15 is 0 Å². The molecule has 10 heteroatoms. The highest BCUT2D eigenvalue weighted by Gasteiger charge is 2.24. The second-order valence-corrected chi connectivity index (χ2v) is 10.2. The number of benzene rings is 2. The summed E-state index contributed by atoms with van der Waals surface area (Å²) in [6.45, 7) is 3.68. The Morgan fingerprint density at radius 3 is 2.58 bits per heavy atom. The number of carbonyl (C=O) groups is 1. The minimum atomic E-state index is -3.99. The Hall–Kier alpha value is -2.62. The SMILES string of the molecule is CC[C@@H](Sc1ncc(S(=O)(=O)c2ccccc2)c(=O)[nH]1)C(=O)Nc1cc(Cl)ccc1C. The van der Waals surface area contributed by atoms with Crippen molar-refractivity contribution in [3.8, 4) is 0 Å². The topological polar surface area (TPSA) is 109 Å². The van der Waals surface area contributed by atoms with Crippen molar-refractivity contribution in [3.05, 3.63) is 75.7 Å².